The van der Waals surface area contributed by atoms with Gasteiger partial charge in [-0.2, -0.15) is 5.11 Å². The van der Waals surface area contributed by atoms with Crippen molar-refractivity contribution in [2.45, 2.75) is 6.92 Å². The number of benzene rings is 1. The van der Waals surface area contributed by atoms with Crippen molar-refractivity contribution in [2.24, 2.45) is 5.11 Å². The number of para-hydroxylation sites is 1. The molecular weight excluding hydrogens is 138 g/mol. The van der Waals surface area contributed by atoms with Crippen LogP contribution in [0.4, 0.5) is 11.4 Å². The van der Waals surface area contributed by atoms with E-state index < -0.39 is 0 Å². The lowest BCUT2D eigenvalue weighted by Gasteiger charge is -2.04. The molecule has 0 heterocycles. The minimum atomic E-state index is 0.718. The molecule has 3 heteroatoms. The normalized spacial score (nSPS) is 9.27. The fourth-order valence-electron chi connectivity index (χ4n) is 1.01. The predicted octanol–water partition coefficient (Wildman–Crippen LogP) is 2.70. The molecule has 0 unspecified atom stereocenters. The van der Waals surface area contributed by atoms with Gasteiger partial charge in [-0.05, 0) is 18.6 Å². The SMILES string of the molecule is CNc1cccc(C)c1N=N. The first-order valence-corrected chi connectivity index (χ1v) is 3.44. The highest BCUT2D eigenvalue weighted by atomic mass is 15.0. The van der Waals surface area contributed by atoms with E-state index in [-0.39, 0.29) is 0 Å². The Hall–Kier alpha value is -1.38. The fourth-order valence-corrected chi connectivity index (χ4v) is 1.01. The Balaban J connectivity index is 3.24. The second-order valence-electron chi connectivity index (χ2n) is 2.33. The van der Waals surface area contributed by atoms with E-state index in [1.165, 1.54) is 0 Å². The Bertz CT molecular complexity index is 268. The number of nitrogens with zero attached hydrogens (tertiary/aromatic N) is 1. The lowest BCUT2D eigenvalue weighted by atomic mass is 10.2. The summed E-state index contributed by atoms with van der Waals surface area (Å²) in [6, 6.07) is 5.78. The zero-order chi connectivity index (χ0) is 8.27. The molecule has 0 fully saturated rings. The number of anilines is 1. The van der Waals surface area contributed by atoms with Crippen molar-refractivity contribution < 1.29 is 0 Å². The standard InChI is InChI=1S/C8H11N3/c1-6-4-3-5-7(10-2)8(6)11-9/h3-5,9-10H,1-2H3. The number of nitrogens with one attached hydrogen (secondary N) is 2. The van der Waals surface area contributed by atoms with Crippen LogP contribution in [0.5, 0.6) is 0 Å². The molecule has 1 aromatic carbocycles. The van der Waals surface area contributed by atoms with Crippen LogP contribution in [0.15, 0.2) is 23.3 Å². The third-order valence-electron chi connectivity index (χ3n) is 1.62. The quantitative estimate of drug-likeness (QED) is 0.624. The Morgan fingerprint density at radius 2 is 2.18 bits per heavy atom. The molecule has 0 aromatic heterocycles. The van der Waals surface area contributed by atoms with Gasteiger partial charge in [-0.25, -0.2) is 5.53 Å². The van der Waals surface area contributed by atoms with E-state index in [1.54, 1.807) is 0 Å². The van der Waals surface area contributed by atoms with Crippen LogP contribution in [0.1, 0.15) is 5.56 Å². The second-order valence-corrected chi connectivity index (χ2v) is 2.33. The third kappa shape index (κ3) is 1.37. The molecular formula is C8H11N3. The molecule has 3 nitrogen and oxygen atoms in total. The summed E-state index contributed by atoms with van der Waals surface area (Å²) in [5.74, 6) is 0. The summed E-state index contributed by atoms with van der Waals surface area (Å²) < 4.78 is 0. The van der Waals surface area contributed by atoms with E-state index in [1.807, 2.05) is 32.2 Å². The van der Waals surface area contributed by atoms with Crippen molar-refractivity contribution in [1.82, 2.24) is 0 Å². The molecule has 0 radical (unpaired) electrons. The summed E-state index contributed by atoms with van der Waals surface area (Å²) in [6.45, 7) is 1.94. The molecule has 0 saturated heterocycles. The van der Waals surface area contributed by atoms with Gasteiger partial charge in [0.05, 0.1) is 5.69 Å². The number of aryl methyl sites for hydroxylation is 1. The molecule has 0 spiro atoms. The van der Waals surface area contributed by atoms with Crippen LogP contribution in [0, 0.1) is 12.5 Å². The van der Waals surface area contributed by atoms with Gasteiger partial charge in [0, 0.05) is 7.05 Å². The summed E-state index contributed by atoms with van der Waals surface area (Å²) in [5.41, 5.74) is 9.55. The van der Waals surface area contributed by atoms with Gasteiger partial charge >= 0.3 is 0 Å². The first-order valence-electron chi connectivity index (χ1n) is 3.44. The fraction of sp³-hybridized carbons (Fsp3) is 0.250. The Labute approximate surface area is 65.9 Å². The Kier molecular flexibility index (Phi) is 2.21. The van der Waals surface area contributed by atoms with E-state index in [0.29, 0.717) is 0 Å². The van der Waals surface area contributed by atoms with E-state index in [4.69, 9.17) is 5.53 Å². The molecule has 0 atom stereocenters. The summed E-state index contributed by atoms with van der Waals surface area (Å²) in [7, 11) is 1.82. The maximum Gasteiger partial charge on any atom is 0.111 e. The van der Waals surface area contributed by atoms with Gasteiger partial charge in [-0.15, -0.1) is 0 Å². The van der Waals surface area contributed by atoms with Crippen molar-refractivity contribution in [1.29, 1.82) is 5.53 Å². The van der Waals surface area contributed by atoms with Crippen LogP contribution in [-0.4, -0.2) is 7.05 Å². The van der Waals surface area contributed by atoms with E-state index >= 15 is 0 Å². The van der Waals surface area contributed by atoms with Gasteiger partial charge in [0.25, 0.3) is 0 Å². The molecule has 1 rings (SSSR count). The number of rotatable bonds is 2. The third-order valence-corrected chi connectivity index (χ3v) is 1.62. The summed E-state index contributed by atoms with van der Waals surface area (Å²) in [5, 5.41) is 6.40. The minimum Gasteiger partial charge on any atom is -0.386 e. The highest BCUT2D eigenvalue weighted by Gasteiger charge is 2.00. The average molecular weight is 149 g/mol. The highest BCUT2D eigenvalue weighted by Crippen LogP contribution is 2.27. The van der Waals surface area contributed by atoms with Gasteiger partial charge in [0.15, 0.2) is 0 Å². The lowest BCUT2D eigenvalue weighted by molar-refractivity contribution is 1.13. The Morgan fingerprint density at radius 3 is 2.64 bits per heavy atom. The van der Waals surface area contributed by atoms with Gasteiger partial charge in [0.1, 0.15) is 5.69 Å². The van der Waals surface area contributed by atoms with Crippen molar-refractivity contribution in [2.75, 3.05) is 12.4 Å². The van der Waals surface area contributed by atoms with Crippen molar-refractivity contribution in [3.05, 3.63) is 23.8 Å². The van der Waals surface area contributed by atoms with E-state index in [2.05, 4.69) is 10.4 Å². The minimum absolute atomic E-state index is 0.718. The zero-order valence-electron chi connectivity index (χ0n) is 6.68. The topological polar surface area (TPSA) is 48.2 Å². The summed E-state index contributed by atoms with van der Waals surface area (Å²) in [6.07, 6.45) is 0. The lowest BCUT2D eigenvalue weighted by Crippen LogP contribution is -1.88. The molecule has 0 amide bonds. The first kappa shape index (κ1) is 7.72. The van der Waals surface area contributed by atoms with E-state index in [9.17, 15) is 0 Å². The van der Waals surface area contributed by atoms with Crippen LogP contribution in [0.25, 0.3) is 0 Å². The first-order chi connectivity index (χ1) is 5.29. The molecule has 1 aromatic rings. The van der Waals surface area contributed by atoms with Crippen LogP contribution in [0.3, 0.4) is 0 Å². The van der Waals surface area contributed by atoms with Crippen molar-refractivity contribution in [3.8, 4) is 0 Å². The van der Waals surface area contributed by atoms with Crippen LogP contribution >= 0.6 is 0 Å². The molecule has 11 heavy (non-hydrogen) atoms. The molecule has 0 saturated carbocycles. The number of hydrogen-bond donors (Lipinski definition) is 2. The maximum absolute atomic E-state index is 6.91. The molecule has 0 aliphatic carbocycles. The van der Waals surface area contributed by atoms with Gasteiger partial charge in [0.2, 0.25) is 0 Å². The van der Waals surface area contributed by atoms with Crippen molar-refractivity contribution in [3.63, 3.8) is 0 Å². The van der Waals surface area contributed by atoms with Crippen LogP contribution in [0.2, 0.25) is 0 Å². The number of hydrogen-bond acceptors (Lipinski definition) is 3. The molecule has 2 N–H and O–H groups in total. The molecule has 0 bridgehead atoms. The van der Waals surface area contributed by atoms with E-state index in [0.717, 1.165) is 16.9 Å². The predicted molar refractivity (Wildman–Crippen MR) is 45.5 cm³/mol. The largest absolute Gasteiger partial charge is 0.386 e. The van der Waals surface area contributed by atoms with Gasteiger partial charge in [-0.1, -0.05) is 12.1 Å². The van der Waals surface area contributed by atoms with Crippen molar-refractivity contribution >= 4 is 11.4 Å². The van der Waals surface area contributed by atoms with Gasteiger partial charge < -0.3 is 5.32 Å². The Morgan fingerprint density at radius 1 is 1.45 bits per heavy atom. The maximum atomic E-state index is 6.91. The monoisotopic (exact) mass is 149 g/mol. The molecule has 58 valence electrons. The summed E-state index contributed by atoms with van der Waals surface area (Å²) >= 11 is 0. The molecule has 0 aliphatic rings. The smallest absolute Gasteiger partial charge is 0.111 e. The second kappa shape index (κ2) is 3.14. The average Bonchev–Trinajstić information content (AvgIpc) is 2.04. The van der Waals surface area contributed by atoms with Gasteiger partial charge in [-0.3, -0.25) is 0 Å². The summed E-state index contributed by atoms with van der Waals surface area (Å²) in [4.78, 5) is 0. The zero-order valence-corrected chi connectivity index (χ0v) is 6.68. The molecule has 0 aliphatic heterocycles. The van der Waals surface area contributed by atoms with Crippen LogP contribution in [-0.2, 0) is 0 Å². The highest BCUT2D eigenvalue weighted by molar-refractivity contribution is 5.68. The van der Waals surface area contributed by atoms with Crippen LogP contribution < -0.4 is 5.32 Å².